The van der Waals surface area contributed by atoms with E-state index in [4.69, 9.17) is 4.74 Å². The van der Waals surface area contributed by atoms with Crippen LogP contribution in [-0.4, -0.2) is 29.9 Å². The number of amides is 1. The van der Waals surface area contributed by atoms with Crippen LogP contribution in [0.1, 0.15) is 18.4 Å². The molecule has 1 aliphatic rings. The molecule has 1 fully saturated rings. The van der Waals surface area contributed by atoms with E-state index in [0.29, 0.717) is 13.0 Å². The van der Waals surface area contributed by atoms with Crippen LogP contribution in [0.15, 0.2) is 28.7 Å². The van der Waals surface area contributed by atoms with E-state index in [2.05, 4.69) is 15.9 Å². The van der Waals surface area contributed by atoms with Crippen molar-refractivity contribution in [3.05, 3.63) is 34.3 Å². The van der Waals surface area contributed by atoms with Gasteiger partial charge in [-0.05, 0) is 12.5 Å². The van der Waals surface area contributed by atoms with E-state index in [-0.39, 0.29) is 18.9 Å². The lowest BCUT2D eigenvalue weighted by Crippen LogP contribution is -2.40. The zero-order valence-corrected chi connectivity index (χ0v) is 11.5. The number of nitrogens with zero attached hydrogens (tertiary/aromatic N) is 1. The summed E-state index contributed by atoms with van der Waals surface area (Å²) < 4.78 is 6.11. The molecule has 0 spiro atoms. The molecule has 1 aromatic rings. The molecule has 0 unspecified atom stereocenters. The second-order valence-corrected chi connectivity index (χ2v) is 5.06. The number of likely N-dealkylation sites (tertiary alicyclic amines) is 1. The van der Waals surface area contributed by atoms with E-state index in [1.54, 1.807) is 0 Å². The molecule has 0 bridgehead atoms. The first kappa shape index (κ1) is 13.1. The summed E-state index contributed by atoms with van der Waals surface area (Å²) in [4.78, 5) is 24.5. The molecule has 5 heteroatoms. The van der Waals surface area contributed by atoms with Crippen molar-refractivity contribution in [3.8, 4) is 0 Å². The molecule has 0 radical (unpaired) electrons. The van der Waals surface area contributed by atoms with E-state index in [9.17, 15) is 9.59 Å². The first-order chi connectivity index (χ1) is 8.66. The van der Waals surface area contributed by atoms with Crippen molar-refractivity contribution in [2.24, 2.45) is 0 Å². The van der Waals surface area contributed by atoms with E-state index >= 15 is 0 Å². The van der Waals surface area contributed by atoms with Crippen molar-refractivity contribution in [3.63, 3.8) is 0 Å². The summed E-state index contributed by atoms with van der Waals surface area (Å²) in [6.07, 6.45) is 0.871. The monoisotopic (exact) mass is 311 g/mol. The number of rotatable bonds is 2. The summed E-state index contributed by atoms with van der Waals surface area (Å²) >= 11 is 3.39. The van der Waals surface area contributed by atoms with Crippen molar-refractivity contribution < 1.29 is 14.3 Å². The molecule has 0 aromatic heterocycles. The van der Waals surface area contributed by atoms with Gasteiger partial charge < -0.3 is 9.64 Å². The maximum atomic E-state index is 11.8. The fourth-order valence-corrected chi connectivity index (χ4v) is 2.24. The van der Waals surface area contributed by atoms with Gasteiger partial charge in [-0.15, -0.1) is 0 Å². The van der Waals surface area contributed by atoms with Gasteiger partial charge in [0.05, 0.1) is 6.54 Å². The van der Waals surface area contributed by atoms with Crippen molar-refractivity contribution >= 4 is 27.8 Å². The van der Waals surface area contributed by atoms with Gasteiger partial charge in [0, 0.05) is 23.0 Å². The third-order valence-electron chi connectivity index (χ3n) is 2.82. The molecule has 2 rings (SSSR count). The quantitative estimate of drug-likeness (QED) is 0.843. The number of hydrogen-bond donors (Lipinski definition) is 0. The molecule has 1 aliphatic heterocycles. The van der Waals surface area contributed by atoms with Gasteiger partial charge in [-0.2, -0.15) is 0 Å². The van der Waals surface area contributed by atoms with Gasteiger partial charge in [-0.1, -0.05) is 34.1 Å². The van der Waals surface area contributed by atoms with Crippen LogP contribution in [0, 0.1) is 0 Å². The van der Waals surface area contributed by atoms with Crippen LogP contribution in [0.4, 0.5) is 4.79 Å². The maximum Gasteiger partial charge on any atom is 0.410 e. The Hall–Kier alpha value is -1.36. The average molecular weight is 312 g/mol. The fraction of sp³-hybridized carbons (Fsp3) is 0.385. The Labute approximate surface area is 114 Å². The molecule has 4 nitrogen and oxygen atoms in total. The lowest BCUT2D eigenvalue weighted by Gasteiger charge is -2.25. The average Bonchev–Trinajstić information content (AvgIpc) is 2.37. The first-order valence-electron chi connectivity index (χ1n) is 5.83. The van der Waals surface area contributed by atoms with E-state index in [0.717, 1.165) is 16.5 Å². The third kappa shape index (κ3) is 3.32. The third-order valence-corrected chi connectivity index (χ3v) is 3.59. The van der Waals surface area contributed by atoms with Gasteiger partial charge >= 0.3 is 6.09 Å². The van der Waals surface area contributed by atoms with Crippen LogP contribution >= 0.6 is 15.9 Å². The Kier molecular flexibility index (Phi) is 4.36. The standard InChI is InChI=1S/C13H14BrNO3/c14-12-6-2-1-4-10(12)9-18-13(17)15-7-3-5-11(16)8-15/h1-2,4,6H,3,5,7-9H2. The lowest BCUT2D eigenvalue weighted by molar-refractivity contribution is -0.121. The summed E-state index contributed by atoms with van der Waals surface area (Å²) in [5, 5.41) is 0. The zero-order chi connectivity index (χ0) is 13.0. The number of hydrogen-bond acceptors (Lipinski definition) is 3. The second kappa shape index (κ2) is 6.00. The summed E-state index contributed by atoms with van der Waals surface area (Å²) in [6.45, 7) is 0.986. The SMILES string of the molecule is O=C1CCCN(C(=O)OCc2ccccc2Br)C1. The van der Waals surface area contributed by atoms with Gasteiger partial charge in [0.1, 0.15) is 6.61 Å². The largest absolute Gasteiger partial charge is 0.444 e. The lowest BCUT2D eigenvalue weighted by atomic mass is 10.1. The molecule has 0 atom stereocenters. The van der Waals surface area contributed by atoms with Crippen LogP contribution < -0.4 is 0 Å². The Morgan fingerprint density at radius 1 is 1.39 bits per heavy atom. The van der Waals surface area contributed by atoms with Crippen molar-refractivity contribution in [2.45, 2.75) is 19.4 Å². The highest BCUT2D eigenvalue weighted by Gasteiger charge is 2.22. The van der Waals surface area contributed by atoms with Gasteiger partial charge in [0.25, 0.3) is 0 Å². The summed E-state index contributed by atoms with van der Waals surface area (Å²) in [5.41, 5.74) is 0.911. The number of carbonyl (C=O) groups is 2. The minimum atomic E-state index is -0.418. The molecule has 18 heavy (non-hydrogen) atoms. The summed E-state index contributed by atoms with van der Waals surface area (Å²) in [5.74, 6) is 0.0964. The summed E-state index contributed by atoms with van der Waals surface area (Å²) in [6, 6.07) is 7.57. The van der Waals surface area contributed by atoms with Crippen molar-refractivity contribution in [2.75, 3.05) is 13.1 Å². The first-order valence-corrected chi connectivity index (χ1v) is 6.63. The van der Waals surface area contributed by atoms with Crippen LogP contribution in [0.3, 0.4) is 0 Å². The molecule has 1 saturated heterocycles. The molecule has 1 heterocycles. The molecule has 0 saturated carbocycles. The maximum absolute atomic E-state index is 11.8. The minimum absolute atomic E-state index is 0.0964. The smallest absolute Gasteiger partial charge is 0.410 e. The van der Waals surface area contributed by atoms with E-state index in [1.165, 1.54) is 4.90 Å². The molecule has 96 valence electrons. The van der Waals surface area contributed by atoms with Crippen LogP contribution in [0.25, 0.3) is 0 Å². The number of benzene rings is 1. The number of halogens is 1. The normalized spacial score (nSPS) is 15.6. The van der Waals surface area contributed by atoms with Crippen LogP contribution in [0.5, 0.6) is 0 Å². The highest BCUT2D eigenvalue weighted by molar-refractivity contribution is 9.10. The molecule has 0 N–H and O–H groups in total. The summed E-state index contributed by atoms with van der Waals surface area (Å²) in [7, 11) is 0. The fourth-order valence-electron chi connectivity index (χ4n) is 1.84. The number of Topliss-reactive ketones (excluding diaryl/α,β-unsaturated/α-hetero) is 1. The second-order valence-electron chi connectivity index (χ2n) is 4.21. The molecule has 1 amide bonds. The highest BCUT2D eigenvalue weighted by atomic mass is 79.9. The van der Waals surface area contributed by atoms with Crippen LogP contribution in [0.2, 0.25) is 0 Å². The van der Waals surface area contributed by atoms with Gasteiger partial charge in [0.2, 0.25) is 0 Å². The Balaban J connectivity index is 1.88. The molecular formula is C13H14BrNO3. The zero-order valence-electron chi connectivity index (χ0n) is 9.89. The Morgan fingerprint density at radius 3 is 2.89 bits per heavy atom. The topological polar surface area (TPSA) is 46.6 Å². The Morgan fingerprint density at radius 2 is 2.17 bits per heavy atom. The molecule has 1 aromatic carbocycles. The number of carbonyl (C=O) groups excluding carboxylic acids is 2. The number of piperidine rings is 1. The predicted molar refractivity (Wildman–Crippen MR) is 70.1 cm³/mol. The number of ether oxygens (including phenoxy) is 1. The predicted octanol–water partition coefficient (Wildman–Crippen LogP) is 2.75. The van der Waals surface area contributed by atoms with Gasteiger partial charge in [-0.25, -0.2) is 4.79 Å². The molecular weight excluding hydrogens is 298 g/mol. The molecule has 0 aliphatic carbocycles. The number of ketones is 1. The van der Waals surface area contributed by atoms with Crippen LogP contribution in [-0.2, 0) is 16.1 Å². The van der Waals surface area contributed by atoms with Gasteiger partial charge in [0.15, 0.2) is 5.78 Å². The van der Waals surface area contributed by atoms with Gasteiger partial charge in [-0.3, -0.25) is 4.79 Å². The minimum Gasteiger partial charge on any atom is -0.444 e. The highest BCUT2D eigenvalue weighted by Crippen LogP contribution is 2.17. The van der Waals surface area contributed by atoms with Crippen molar-refractivity contribution in [1.29, 1.82) is 0 Å². The van der Waals surface area contributed by atoms with Crippen molar-refractivity contribution in [1.82, 2.24) is 4.90 Å². The van der Waals surface area contributed by atoms with E-state index in [1.807, 2.05) is 24.3 Å². The Bertz CT molecular complexity index is 461. The van der Waals surface area contributed by atoms with E-state index < -0.39 is 6.09 Å².